The first-order valence-electron chi connectivity index (χ1n) is 6.83. The molecule has 1 aliphatic heterocycles. The van der Waals surface area contributed by atoms with Gasteiger partial charge in [0.05, 0.1) is 5.37 Å². The van der Waals surface area contributed by atoms with E-state index in [2.05, 4.69) is 0 Å². The van der Waals surface area contributed by atoms with Crippen molar-refractivity contribution in [3.63, 3.8) is 0 Å². The van der Waals surface area contributed by atoms with Gasteiger partial charge in [0, 0.05) is 18.2 Å². The number of carboxylic acids is 1. The molecule has 3 unspecified atom stereocenters. The zero-order valence-electron chi connectivity index (χ0n) is 11.4. The van der Waals surface area contributed by atoms with Crippen molar-refractivity contribution in [2.45, 2.75) is 50.6 Å². The number of carboxylic acid groups (broad SMARTS) is 1. The highest BCUT2D eigenvalue weighted by molar-refractivity contribution is 8.00. The molecule has 1 amide bonds. The van der Waals surface area contributed by atoms with Gasteiger partial charge in [-0.1, -0.05) is 13.8 Å². The zero-order chi connectivity index (χ0) is 14.2. The van der Waals surface area contributed by atoms with E-state index in [0.717, 1.165) is 12.8 Å². The maximum absolute atomic E-state index is 12.4. The SMILES string of the molecule is CC(C)C1SCC(C(=O)O)N1C(=O)CC(N)C1CC1. The molecule has 0 bridgehead atoms. The maximum atomic E-state index is 12.4. The number of carbonyl (C=O) groups is 2. The summed E-state index contributed by atoms with van der Waals surface area (Å²) in [6, 6.07) is -0.809. The Labute approximate surface area is 117 Å². The second-order valence-corrected chi connectivity index (χ2v) is 6.98. The van der Waals surface area contributed by atoms with Crippen molar-refractivity contribution in [3.8, 4) is 0 Å². The Morgan fingerprint density at radius 1 is 1.42 bits per heavy atom. The van der Waals surface area contributed by atoms with E-state index in [1.54, 1.807) is 16.7 Å². The highest BCUT2D eigenvalue weighted by Gasteiger charge is 2.43. The van der Waals surface area contributed by atoms with Gasteiger partial charge in [-0.2, -0.15) is 0 Å². The van der Waals surface area contributed by atoms with Crippen LogP contribution in [0.5, 0.6) is 0 Å². The third-order valence-electron chi connectivity index (χ3n) is 3.82. The molecule has 2 rings (SSSR count). The lowest BCUT2D eigenvalue weighted by Crippen LogP contribution is -2.48. The molecule has 0 spiro atoms. The Morgan fingerprint density at radius 2 is 2.05 bits per heavy atom. The van der Waals surface area contributed by atoms with Crippen LogP contribution in [0.4, 0.5) is 0 Å². The number of amides is 1. The standard InChI is InChI=1S/C13H22N2O3S/c1-7(2)12-15(10(6-19-12)13(17)18)11(16)5-9(14)8-3-4-8/h7-10,12H,3-6,14H2,1-2H3,(H,17,18). The summed E-state index contributed by atoms with van der Waals surface area (Å²) in [6.07, 6.45) is 2.47. The van der Waals surface area contributed by atoms with Gasteiger partial charge >= 0.3 is 5.97 Å². The number of carbonyl (C=O) groups excluding carboxylic acids is 1. The van der Waals surface area contributed by atoms with Crippen LogP contribution in [0.15, 0.2) is 0 Å². The molecular formula is C13H22N2O3S. The van der Waals surface area contributed by atoms with Crippen molar-refractivity contribution in [2.75, 3.05) is 5.75 Å². The van der Waals surface area contributed by atoms with Crippen LogP contribution in [-0.2, 0) is 9.59 Å². The molecule has 0 radical (unpaired) electrons. The summed E-state index contributed by atoms with van der Waals surface area (Å²) >= 11 is 1.56. The van der Waals surface area contributed by atoms with Gasteiger partial charge in [0.25, 0.3) is 0 Å². The van der Waals surface area contributed by atoms with Gasteiger partial charge in [-0.25, -0.2) is 4.79 Å². The van der Waals surface area contributed by atoms with Crippen LogP contribution in [0.3, 0.4) is 0 Å². The van der Waals surface area contributed by atoms with Crippen LogP contribution in [0.1, 0.15) is 33.1 Å². The van der Waals surface area contributed by atoms with Gasteiger partial charge in [-0.05, 0) is 24.7 Å². The predicted molar refractivity (Wildman–Crippen MR) is 74.7 cm³/mol. The largest absolute Gasteiger partial charge is 0.480 e. The van der Waals surface area contributed by atoms with Crippen molar-refractivity contribution in [1.29, 1.82) is 0 Å². The summed E-state index contributed by atoms with van der Waals surface area (Å²) in [7, 11) is 0. The van der Waals surface area contributed by atoms with Crippen LogP contribution in [0.2, 0.25) is 0 Å². The molecule has 3 atom stereocenters. The topological polar surface area (TPSA) is 83.6 Å². The van der Waals surface area contributed by atoms with E-state index in [1.807, 2.05) is 13.8 Å². The number of aliphatic carboxylic acids is 1. The predicted octanol–water partition coefficient (Wildman–Crippen LogP) is 1.12. The van der Waals surface area contributed by atoms with E-state index in [4.69, 9.17) is 5.73 Å². The molecule has 1 aliphatic carbocycles. The van der Waals surface area contributed by atoms with Crippen LogP contribution >= 0.6 is 11.8 Å². The third-order valence-corrected chi connectivity index (χ3v) is 5.44. The molecule has 2 aliphatic rings. The Kier molecular flexibility index (Phi) is 4.40. The average molecular weight is 286 g/mol. The second-order valence-electron chi connectivity index (χ2n) is 5.83. The van der Waals surface area contributed by atoms with E-state index in [0.29, 0.717) is 11.7 Å². The number of hydrogen-bond acceptors (Lipinski definition) is 4. The quantitative estimate of drug-likeness (QED) is 0.791. The minimum Gasteiger partial charge on any atom is -0.480 e. The van der Waals surface area contributed by atoms with Crippen molar-refractivity contribution in [3.05, 3.63) is 0 Å². The molecule has 0 aromatic rings. The van der Waals surface area contributed by atoms with Crippen LogP contribution in [-0.4, -0.2) is 45.1 Å². The fraction of sp³-hybridized carbons (Fsp3) is 0.846. The molecule has 1 heterocycles. The van der Waals surface area contributed by atoms with Gasteiger partial charge < -0.3 is 15.7 Å². The molecule has 1 saturated carbocycles. The first-order chi connectivity index (χ1) is 8.91. The zero-order valence-corrected chi connectivity index (χ0v) is 12.2. The van der Waals surface area contributed by atoms with Crippen molar-refractivity contribution >= 4 is 23.6 Å². The molecule has 3 N–H and O–H groups in total. The number of hydrogen-bond donors (Lipinski definition) is 2. The minimum absolute atomic E-state index is 0.0417. The monoisotopic (exact) mass is 286 g/mol. The smallest absolute Gasteiger partial charge is 0.327 e. The van der Waals surface area contributed by atoms with Gasteiger partial charge in [0.1, 0.15) is 6.04 Å². The third kappa shape index (κ3) is 3.23. The summed E-state index contributed by atoms with van der Waals surface area (Å²) in [4.78, 5) is 25.2. The first-order valence-corrected chi connectivity index (χ1v) is 7.87. The molecule has 108 valence electrons. The van der Waals surface area contributed by atoms with Crippen molar-refractivity contribution < 1.29 is 14.7 Å². The Hall–Kier alpha value is -0.750. The Bertz CT molecular complexity index is 371. The number of thioether (sulfide) groups is 1. The van der Waals surface area contributed by atoms with Gasteiger partial charge in [0.2, 0.25) is 5.91 Å². The van der Waals surface area contributed by atoms with E-state index < -0.39 is 12.0 Å². The van der Waals surface area contributed by atoms with E-state index in [1.165, 1.54) is 0 Å². The van der Waals surface area contributed by atoms with Crippen LogP contribution in [0.25, 0.3) is 0 Å². The summed E-state index contributed by atoms with van der Waals surface area (Å²) in [5.74, 6) is 0.165. The second kappa shape index (κ2) is 5.71. The fourth-order valence-corrected chi connectivity index (χ4v) is 4.04. The van der Waals surface area contributed by atoms with Gasteiger partial charge in [-0.15, -0.1) is 11.8 Å². The lowest BCUT2D eigenvalue weighted by Gasteiger charge is -2.30. The lowest BCUT2D eigenvalue weighted by atomic mass is 10.1. The highest BCUT2D eigenvalue weighted by atomic mass is 32.2. The summed E-state index contributed by atoms with van der Waals surface area (Å²) in [6.45, 7) is 4.03. The fourth-order valence-electron chi connectivity index (χ4n) is 2.55. The summed E-state index contributed by atoms with van der Waals surface area (Å²) in [5, 5.41) is 9.21. The Morgan fingerprint density at radius 3 is 2.53 bits per heavy atom. The molecule has 2 fully saturated rings. The normalized spacial score (nSPS) is 28.7. The minimum atomic E-state index is -0.913. The molecule has 6 heteroatoms. The molecule has 5 nitrogen and oxygen atoms in total. The average Bonchev–Trinajstić information content (AvgIpc) is 3.06. The number of rotatable bonds is 5. The van der Waals surface area contributed by atoms with E-state index >= 15 is 0 Å². The number of nitrogens with zero attached hydrogens (tertiary/aromatic N) is 1. The lowest BCUT2D eigenvalue weighted by molar-refractivity contribution is -0.149. The van der Waals surface area contributed by atoms with E-state index in [9.17, 15) is 14.7 Å². The van der Waals surface area contributed by atoms with Gasteiger partial charge in [0.15, 0.2) is 0 Å². The molecule has 0 aromatic carbocycles. The maximum Gasteiger partial charge on any atom is 0.327 e. The van der Waals surface area contributed by atoms with Crippen molar-refractivity contribution in [2.24, 2.45) is 17.6 Å². The summed E-state index contributed by atoms with van der Waals surface area (Å²) < 4.78 is 0. The van der Waals surface area contributed by atoms with Crippen LogP contribution < -0.4 is 5.73 Å². The first kappa shape index (κ1) is 14.7. The molecule has 1 saturated heterocycles. The summed E-state index contributed by atoms with van der Waals surface area (Å²) in [5.41, 5.74) is 5.99. The molecular weight excluding hydrogens is 264 g/mol. The highest BCUT2D eigenvalue weighted by Crippen LogP contribution is 2.37. The molecule has 19 heavy (non-hydrogen) atoms. The van der Waals surface area contributed by atoms with E-state index in [-0.39, 0.29) is 29.7 Å². The Balaban J connectivity index is 2.06. The van der Waals surface area contributed by atoms with Gasteiger partial charge in [-0.3, -0.25) is 4.79 Å². The molecule has 0 aromatic heterocycles. The van der Waals surface area contributed by atoms with Crippen LogP contribution in [0, 0.1) is 11.8 Å². The number of nitrogens with two attached hydrogens (primary N) is 1. The van der Waals surface area contributed by atoms with Crippen molar-refractivity contribution in [1.82, 2.24) is 4.90 Å².